The molecule has 0 aromatic carbocycles. The second-order valence-electron chi connectivity index (χ2n) is 2.90. The van der Waals surface area contributed by atoms with Crippen molar-refractivity contribution in [2.24, 2.45) is 0 Å². The molecule has 0 rings (SSSR count). The maximum absolute atomic E-state index is 11.8. The van der Waals surface area contributed by atoms with Gasteiger partial charge in [-0.05, 0) is 13.8 Å². The molecule has 0 aromatic heterocycles. The fraction of sp³-hybridized carbons (Fsp3) is 0.778. The van der Waals surface area contributed by atoms with E-state index in [-0.39, 0.29) is 26.2 Å². The molecule has 0 unspecified atom stereocenters. The first-order valence-electron chi connectivity index (χ1n) is 5.06. The Morgan fingerprint density at radius 1 is 1.18 bits per heavy atom. The summed E-state index contributed by atoms with van der Waals surface area (Å²) in [5.74, 6) is 2.52. The van der Waals surface area contributed by atoms with Crippen molar-refractivity contribution in [3.8, 4) is 11.6 Å². The Morgan fingerprint density at radius 3 is 2.12 bits per heavy atom. The predicted molar refractivity (Wildman–Crippen MR) is 64.0 cm³/mol. The van der Waals surface area contributed by atoms with Gasteiger partial charge in [0.15, 0.2) is 0 Å². The van der Waals surface area contributed by atoms with E-state index in [0.717, 1.165) is 6.26 Å². The molecule has 0 aliphatic heterocycles. The van der Waals surface area contributed by atoms with E-state index in [1.807, 2.05) is 0 Å². The Morgan fingerprint density at radius 2 is 1.71 bits per heavy atom. The highest BCUT2D eigenvalue weighted by molar-refractivity contribution is 7.85. The summed E-state index contributed by atoms with van der Waals surface area (Å²) in [6.07, 6.45) is 1.09. The van der Waals surface area contributed by atoms with Gasteiger partial charge in [0, 0.05) is 12.1 Å². The van der Waals surface area contributed by atoms with Gasteiger partial charge < -0.3 is 0 Å². The standard InChI is InChI=1S/C9H17O6PS/c1-4-13-16(10,14-5-2)9-7-6-8-15-17(3,11)12/h4-6,8H2,1-3H3. The van der Waals surface area contributed by atoms with Gasteiger partial charge in [0.25, 0.3) is 10.1 Å². The third kappa shape index (κ3) is 9.33. The number of rotatable bonds is 7. The normalized spacial score (nSPS) is 11.9. The number of hydrogen-bond donors (Lipinski definition) is 0. The van der Waals surface area contributed by atoms with Crippen molar-refractivity contribution in [2.75, 3.05) is 26.1 Å². The van der Waals surface area contributed by atoms with E-state index in [2.05, 4.69) is 15.8 Å². The summed E-state index contributed by atoms with van der Waals surface area (Å²) in [5, 5.41) is 0. The summed E-state index contributed by atoms with van der Waals surface area (Å²) < 4.78 is 47.3. The van der Waals surface area contributed by atoms with Crippen LogP contribution in [0.25, 0.3) is 0 Å². The zero-order valence-electron chi connectivity index (χ0n) is 10.1. The molecule has 17 heavy (non-hydrogen) atoms. The van der Waals surface area contributed by atoms with E-state index in [4.69, 9.17) is 9.05 Å². The van der Waals surface area contributed by atoms with Crippen LogP contribution in [0.3, 0.4) is 0 Å². The van der Waals surface area contributed by atoms with Gasteiger partial charge in [-0.2, -0.15) is 8.42 Å². The third-order valence-electron chi connectivity index (χ3n) is 1.34. The van der Waals surface area contributed by atoms with Crippen LogP contribution in [-0.2, 0) is 27.9 Å². The van der Waals surface area contributed by atoms with Crippen LogP contribution in [0, 0.1) is 11.6 Å². The Kier molecular flexibility index (Phi) is 7.68. The van der Waals surface area contributed by atoms with Gasteiger partial charge in [-0.1, -0.05) is 5.92 Å². The smallest absolute Gasteiger partial charge is 0.300 e. The molecular weight excluding hydrogens is 267 g/mol. The fourth-order valence-electron chi connectivity index (χ4n) is 0.839. The SMILES string of the molecule is CCOP(=O)(C#CCCOS(C)(=O)=O)OCC. The van der Waals surface area contributed by atoms with Crippen molar-refractivity contribution in [3.05, 3.63) is 0 Å². The Balaban J connectivity index is 4.24. The molecule has 0 spiro atoms. The highest BCUT2D eigenvalue weighted by atomic mass is 32.2. The van der Waals surface area contributed by atoms with Crippen molar-refractivity contribution in [3.63, 3.8) is 0 Å². The van der Waals surface area contributed by atoms with Crippen LogP contribution in [0.5, 0.6) is 0 Å². The molecule has 0 aliphatic rings. The molecule has 0 amide bonds. The first kappa shape index (κ1) is 16.6. The Bertz CT molecular complexity index is 409. The highest BCUT2D eigenvalue weighted by Crippen LogP contribution is 2.46. The van der Waals surface area contributed by atoms with E-state index in [0.29, 0.717) is 0 Å². The van der Waals surface area contributed by atoms with Crippen LogP contribution in [0.15, 0.2) is 0 Å². The van der Waals surface area contributed by atoms with Crippen LogP contribution in [0.1, 0.15) is 20.3 Å². The summed E-state index contributed by atoms with van der Waals surface area (Å²) >= 11 is 0. The largest absolute Gasteiger partial charge is 0.405 e. The van der Waals surface area contributed by atoms with Crippen molar-refractivity contribution >= 4 is 17.7 Å². The molecule has 0 atom stereocenters. The zero-order chi connectivity index (χ0) is 13.4. The summed E-state index contributed by atoms with van der Waals surface area (Å²) in [5.41, 5.74) is 2.37. The molecule has 0 aromatic rings. The summed E-state index contributed by atoms with van der Waals surface area (Å²) in [7, 11) is -6.83. The summed E-state index contributed by atoms with van der Waals surface area (Å²) in [4.78, 5) is 0. The molecule has 8 heteroatoms. The topological polar surface area (TPSA) is 78.9 Å². The molecule has 0 radical (unpaired) electrons. The van der Waals surface area contributed by atoms with Crippen molar-refractivity contribution in [2.45, 2.75) is 20.3 Å². The molecule has 0 bridgehead atoms. The average Bonchev–Trinajstić information content (AvgIpc) is 2.16. The maximum atomic E-state index is 11.8. The average molecular weight is 284 g/mol. The maximum Gasteiger partial charge on any atom is 0.405 e. The molecule has 0 aliphatic carbocycles. The van der Waals surface area contributed by atoms with Gasteiger partial charge in [0.2, 0.25) is 0 Å². The van der Waals surface area contributed by atoms with Gasteiger partial charge in [0.05, 0.1) is 26.1 Å². The monoisotopic (exact) mass is 284 g/mol. The lowest BCUT2D eigenvalue weighted by Gasteiger charge is -2.09. The quantitative estimate of drug-likeness (QED) is 0.306. The summed E-state index contributed by atoms with van der Waals surface area (Å²) in [6.45, 7) is 3.74. The Hall–Kier alpha value is -0.380. The van der Waals surface area contributed by atoms with Gasteiger partial charge in [-0.25, -0.2) is 4.57 Å². The van der Waals surface area contributed by atoms with Gasteiger partial charge in [-0.15, -0.1) is 0 Å². The first-order chi connectivity index (χ1) is 7.83. The van der Waals surface area contributed by atoms with E-state index in [1.165, 1.54) is 0 Å². The number of hydrogen-bond acceptors (Lipinski definition) is 6. The van der Waals surface area contributed by atoms with E-state index in [1.54, 1.807) is 13.8 Å². The molecule has 0 saturated heterocycles. The van der Waals surface area contributed by atoms with E-state index >= 15 is 0 Å². The fourth-order valence-corrected chi connectivity index (χ4v) is 2.41. The molecule has 0 fully saturated rings. The van der Waals surface area contributed by atoms with Gasteiger partial charge >= 0.3 is 7.60 Å². The van der Waals surface area contributed by atoms with Crippen molar-refractivity contribution < 1.29 is 26.2 Å². The Labute approximate surface area is 102 Å². The lowest BCUT2D eigenvalue weighted by atomic mass is 10.5. The lowest BCUT2D eigenvalue weighted by Crippen LogP contribution is -2.03. The minimum absolute atomic E-state index is 0.0793. The zero-order valence-corrected chi connectivity index (χ0v) is 11.8. The van der Waals surface area contributed by atoms with Crippen LogP contribution in [-0.4, -0.2) is 34.5 Å². The van der Waals surface area contributed by atoms with Crippen LogP contribution < -0.4 is 0 Å². The molecule has 100 valence electrons. The van der Waals surface area contributed by atoms with Crippen molar-refractivity contribution in [1.29, 1.82) is 0 Å². The van der Waals surface area contributed by atoms with E-state index in [9.17, 15) is 13.0 Å². The molecule has 0 N–H and O–H groups in total. The third-order valence-corrected chi connectivity index (χ3v) is 3.56. The van der Waals surface area contributed by atoms with Crippen LogP contribution in [0.2, 0.25) is 0 Å². The first-order valence-corrected chi connectivity index (χ1v) is 8.42. The minimum Gasteiger partial charge on any atom is -0.300 e. The highest BCUT2D eigenvalue weighted by Gasteiger charge is 2.19. The molecule has 0 heterocycles. The minimum atomic E-state index is -3.46. The second kappa shape index (κ2) is 7.85. The predicted octanol–water partition coefficient (Wildman–Crippen LogP) is 1.58. The van der Waals surface area contributed by atoms with Crippen molar-refractivity contribution in [1.82, 2.24) is 0 Å². The molecular formula is C9H17O6PS. The van der Waals surface area contributed by atoms with Gasteiger partial charge in [0.1, 0.15) is 0 Å². The van der Waals surface area contributed by atoms with Crippen LogP contribution in [0.4, 0.5) is 0 Å². The van der Waals surface area contributed by atoms with E-state index < -0.39 is 17.7 Å². The second-order valence-corrected chi connectivity index (χ2v) is 6.28. The molecule has 6 nitrogen and oxygen atoms in total. The molecule has 0 saturated carbocycles. The van der Waals surface area contributed by atoms with Gasteiger partial charge in [-0.3, -0.25) is 13.2 Å². The summed E-state index contributed by atoms with van der Waals surface area (Å²) in [6, 6.07) is 0. The van der Waals surface area contributed by atoms with Crippen LogP contribution >= 0.6 is 7.60 Å². The lowest BCUT2D eigenvalue weighted by molar-refractivity contribution is 0.230.